The molecule has 2 aliphatic heterocycles. The zero-order valence-corrected chi connectivity index (χ0v) is 29.8. The van der Waals surface area contributed by atoms with Crippen molar-refractivity contribution in [2.45, 2.75) is 128 Å². The SMILES string of the molecule is CCC[C@H](NC(=O)[C@@H]1C[C@]2(CC(c3cccc(Cl)c3)=NO2)CN1C(=O)[C@@H](NC(=O)[C@@H]1C[C@H]1C1CCCC1)C(C)(C)C)C(=O)C(=O)NC1CC1. The largest absolute Gasteiger partial charge is 0.387 e. The van der Waals surface area contributed by atoms with E-state index in [1.807, 2.05) is 39.8 Å². The van der Waals surface area contributed by atoms with E-state index in [-0.39, 0.29) is 43.2 Å². The van der Waals surface area contributed by atoms with Crippen molar-refractivity contribution < 1.29 is 28.8 Å². The lowest BCUT2D eigenvalue weighted by molar-refractivity contribution is -0.145. The molecule has 1 spiro atoms. The Morgan fingerprint density at radius 2 is 1.80 bits per heavy atom. The summed E-state index contributed by atoms with van der Waals surface area (Å²) in [5.41, 5.74) is -0.230. The fourth-order valence-electron chi connectivity index (χ4n) is 7.91. The van der Waals surface area contributed by atoms with Gasteiger partial charge in [-0.15, -0.1) is 0 Å². The summed E-state index contributed by atoms with van der Waals surface area (Å²) < 4.78 is 0. The van der Waals surface area contributed by atoms with Gasteiger partial charge in [0.1, 0.15) is 12.1 Å². The van der Waals surface area contributed by atoms with Gasteiger partial charge in [-0.1, -0.05) is 88.7 Å². The molecular weight excluding hydrogens is 646 g/mol. The van der Waals surface area contributed by atoms with Gasteiger partial charge in [0.05, 0.1) is 18.3 Å². The number of rotatable bonds is 12. The maximum absolute atomic E-state index is 14.6. The van der Waals surface area contributed by atoms with Gasteiger partial charge in [-0.2, -0.15) is 0 Å². The van der Waals surface area contributed by atoms with Crippen molar-refractivity contribution >= 4 is 46.7 Å². The van der Waals surface area contributed by atoms with Crippen molar-refractivity contribution in [1.29, 1.82) is 0 Å². The van der Waals surface area contributed by atoms with Gasteiger partial charge < -0.3 is 25.7 Å². The third-order valence-electron chi connectivity index (χ3n) is 10.9. The number of hydrogen-bond acceptors (Lipinski definition) is 7. The monoisotopic (exact) mass is 695 g/mol. The van der Waals surface area contributed by atoms with E-state index in [9.17, 15) is 24.0 Å². The van der Waals surface area contributed by atoms with Crippen molar-refractivity contribution in [3.05, 3.63) is 34.9 Å². The number of amides is 4. The minimum Gasteiger partial charge on any atom is -0.387 e. The maximum atomic E-state index is 14.6. The van der Waals surface area contributed by atoms with Crippen LogP contribution < -0.4 is 16.0 Å². The molecule has 4 amide bonds. The number of benzene rings is 1. The minimum absolute atomic E-state index is 0.000868. The molecular formula is C37H50ClN5O6. The van der Waals surface area contributed by atoms with E-state index >= 15 is 0 Å². The molecule has 0 bridgehead atoms. The highest BCUT2D eigenvalue weighted by molar-refractivity contribution is 6.38. The number of nitrogens with one attached hydrogen (secondary N) is 3. The average molecular weight is 696 g/mol. The number of hydrogen-bond donors (Lipinski definition) is 3. The quantitative estimate of drug-likeness (QED) is 0.278. The second kappa shape index (κ2) is 14.0. The van der Waals surface area contributed by atoms with Crippen molar-refractivity contribution in [3.63, 3.8) is 0 Å². The molecule has 12 heteroatoms. The minimum atomic E-state index is -1.03. The number of carbonyl (C=O) groups is 5. The summed E-state index contributed by atoms with van der Waals surface area (Å²) in [4.78, 5) is 75.8. The second-order valence-corrected chi connectivity index (χ2v) is 16.4. The molecule has 3 N–H and O–H groups in total. The van der Waals surface area contributed by atoms with Crippen LogP contribution in [0.3, 0.4) is 0 Å². The fraction of sp³-hybridized carbons (Fsp3) is 0.676. The molecule has 0 aromatic heterocycles. The number of ketones is 1. The lowest BCUT2D eigenvalue weighted by atomic mass is 9.85. The van der Waals surface area contributed by atoms with Gasteiger partial charge in [0, 0.05) is 35.4 Å². The lowest BCUT2D eigenvalue weighted by Gasteiger charge is -2.35. The zero-order valence-electron chi connectivity index (χ0n) is 29.1. The number of Topliss-reactive ketones (excluding diaryl/α,β-unsaturated/α-hetero) is 1. The Balaban J connectivity index is 1.23. The zero-order chi connectivity index (χ0) is 35.1. The number of likely N-dealkylation sites (tertiary alicyclic amines) is 1. The lowest BCUT2D eigenvalue weighted by Crippen LogP contribution is -2.59. The van der Waals surface area contributed by atoms with Crippen LogP contribution in [-0.2, 0) is 28.8 Å². The van der Waals surface area contributed by atoms with Crippen molar-refractivity contribution in [2.75, 3.05) is 6.54 Å². The van der Waals surface area contributed by atoms with E-state index in [1.54, 1.807) is 12.1 Å². The molecule has 3 saturated carbocycles. The first-order chi connectivity index (χ1) is 23.3. The van der Waals surface area contributed by atoms with E-state index in [0.29, 0.717) is 35.4 Å². The van der Waals surface area contributed by atoms with Crippen LogP contribution in [-0.4, -0.2) is 76.3 Å². The molecule has 1 aromatic rings. The standard InChI is InChI=1S/C37H50ClN5O6/c1-5-9-27(30(44)34(47)39-24-14-15-24)40-33(46)29-19-37(18-28(42-49-37)22-12-8-13-23(38)16-22)20-43(29)35(48)31(36(2,3)4)41-32(45)26-17-25(26)21-10-6-7-11-21/h8,12-13,16,21,24-27,29,31H,5-7,9-11,14-15,17-20H2,1-4H3,(H,39,47)(H,40,46)(H,41,45)/t25-,26+,27-,29-,31+,37+/m0/s1. The smallest absolute Gasteiger partial charge is 0.289 e. The van der Waals surface area contributed by atoms with E-state index in [1.165, 1.54) is 17.7 Å². The Kier molecular flexibility index (Phi) is 10.1. The first-order valence-corrected chi connectivity index (χ1v) is 18.4. The Morgan fingerprint density at radius 1 is 1.06 bits per heavy atom. The van der Waals surface area contributed by atoms with Crippen LogP contribution in [0.5, 0.6) is 0 Å². The summed E-state index contributed by atoms with van der Waals surface area (Å²) in [7, 11) is 0. The number of oxime groups is 1. The van der Waals surface area contributed by atoms with Crippen molar-refractivity contribution in [2.24, 2.45) is 28.3 Å². The van der Waals surface area contributed by atoms with Crippen LogP contribution in [0.2, 0.25) is 5.02 Å². The molecule has 1 saturated heterocycles. The van der Waals surface area contributed by atoms with Gasteiger partial charge in [0.15, 0.2) is 5.60 Å². The molecule has 5 aliphatic rings. The molecule has 6 rings (SSSR count). The van der Waals surface area contributed by atoms with Gasteiger partial charge >= 0.3 is 0 Å². The van der Waals surface area contributed by atoms with Crippen LogP contribution in [0.4, 0.5) is 0 Å². The molecule has 1 aromatic carbocycles. The van der Waals surface area contributed by atoms with Gasteiger partial charge in [0.25, 0.3) is 5.91 Å². The normalized spacial score (nSPS) is 27.7. The summed E-state index contributed by atoms with van der Waals surface area (Å²) in [6, 6.07) is 4.31. The van der Waals surface area contributed by atoms with Crippen LogP contribution in [0.25, 0.3) is 0 Å². The predicted molar refractivity (Wildman–Crippen MR) is 184 cm³/mol. The summed E-state index contributed by atoms with van der Waals surface area (Å²) >= 11 is 6.26. The second-order valence-electron chi connectivity index (χ2n) is 16.0. The summed E-state index contributed by atoms with van der Waals surface area (Å²) in [6.45, 7) is 7.64. The van der Waals surface area contributed by atoms with Crippen LogP contribution in [0.1, 0.15) is 104 Å². The van der Waals surface area contributed by atoms with Gasteiger partial charge in [-0.3, -0.25) is 24.0 Å². The first kappa shape index (κ1) is 35.4. The molecule has 3 aliphatic carbocycles. The van der Waals surface area contributed by atoms with Gasteiger partial charge in [-0.05, 0) is 55.1 Å². The summed E-state index contributed by atoms with van der Waals surface area (Å²) in [6.07, 6.45) is 8.53. The molecule has 4 fully saturated rings. The summed E-state index contributed by atoms with van der Waals surface area (Å²) in [5, 5.41) is 13.6. The Labute approximate surface area is 293 Å². The van der Waals surface area contributed by atoms with Crippen molar-refractivity contribution in [1.82, 2.24) is 20.9 Å². The number of halogens is 1. The average Bonchev–Trinajstić information content (AvgIpc) is 3.89. The molecule has 266 valence electrons. The van der Waals surface area contributed by atoms with E-state index in [0.717, 1.165) is 37.7 Å². The first-order valence-electron chi connectivity index (χ1n) is 18.1. The van der Waals surface area contributed by atoms with Crippen LogP contribution in [0.15, 0.2) is 29.4 Å². The molecule has 49 heavy (non-hydrogen) atoms. The van der Waals surface area contributed by atoms with Crippen LogP contribution >= 0.6 is 11.6 Å². The van der Waals surface area contributed by atoms with Crippen molar-refractivity contribution in [3.8, 4) is 0 Å². The number of carbonyl (C=O) groups excluding carboxylic acids is 5. The Morgan fingerprint density at radius 3 is 2.45 bits per heavy atom. The van der Waals surface area contributed by atoms with Crippen LogP contribution in [0, 0.1) is 23.2 Å². The molecule has 2 heterocycles. The highest BCUT2D eigenvalue weighted by Gasteiger charge is 2.56. The molecule has 6 atom stereocenters. The highest BCUT2D eigenvalue weighted by Crippen LogP contribution is 2.50. The van der Waals surface area contributed by atoms with Gasteiger partial charge in [0.2, 0.25) is 23.5 Å². The highest BCUT2D eigenvalue weighted by atomic mass is 35.5. The van der Waals surface area contributed by atoms with Gasteiger partial charge in [-0.25, -0.2) is 0 Å². The van der Waals surface area contributed by atoms with E-state index in [2.05, 4.69) is 21.1 Å². The number of nitrogens with zero attached hydrogens (tertiary/aromatic N) is 2. The Bertz CT molecular complexity index is 1510. The maximum Gasteiger partial charge on any atom is 0.289 e. The molecule has 11 nitrogen and oxygen atoms in total. The topological polar surface area (TPSA) is 146 Å². The molecule has 0 unspecified atom stereocenters. The Hall–Kier alpha value is -3.47. The third kappa shape index (κ3) is 7.97. The summed E-state index contributed by atoms with van der Waals surface area (Å²) in [5.74, 6) is -1.60. The molecule has 0 radical (unpaired) electrons. The fourth-order valence-corrected chi connectivity index (χ4v) is 8.10. The third-order valence-corrected chi connectivity index (χ3v) is 11.1. The van der Waals surface area contributed by atoms with E-state index in [4.69, 9.17) is 16.4 Å². The predicted octanol–water partition coefficient (Wildman–Crippen LogP) is 4.29. The van der Waals surface area contributed by atoms with E-state index < -0.39 is 46.7 Å².